The third-order valence-corrected chi connectivity index (χ3v) is 0.402. The van der Waals surface area contributed by atoms with Crippen LogP contribution in [0.15, 0.2) is 0 Å². The van der Waals surface area contributed by atoms with Crippen LogP contribution in [0.25, 0.3) is 0 Å². The van der Waals surface area contributed by atoms with E-state index in [-0.39, 0.29) is 32.7 Å². The summed E-state index contributed by atoms with van der Waals surface area (Å²) in [5.41, 5.74) is 0. The number of rotatable bonds is 0. The normalized spacial score (nSPS) is 23.6. The molecule has 1 rings (SSSR count). The fourth-order valence-corrected chi connectivity index (χ4v) is 0.0680. The molecule has 1 radical (unpaired) electrons. The molecular weight excluding hydrogens is 395 g/mol. The third kappa shape index (κ3) is 11.9. The average molecular weight is 400 g/mol. The zero-order valence-corrected chi connectivity index (χ0v) is 10.9. The molecule has 0 saturated carbocycles. The van der Waals surface area contributed by atoms with Gasteiger partial charge in [0.05, 0.1) is 0 Å². The van der Waals surface area contributed by atoms with Crippen LogP contribution < -0.4 is 0 Å². The number of halogens is 2. The summed E-state index contributed by atoms with van der Waals surface area (Å²) in [6.45, 7) is 4.40. The van der Waals surface area contributed by atoms with E-state index in [4.69, 9.17) is 0 Å². The minimum atomic E-state index is 0. The third-order valence-electron chi connectivity index (χ3n) is 0.402. The van der Waals surface area contributed by atoms with E-state index in [1.165, 1.54) is 0 Å². The van der Waals surface area contributed by atoms with Gasteiger partial charge in [-0.25, -0.2) is 0 Å². The van der Waals surface area contributed by atoms with Crippen molar-refractivity contribution in [2.24, 2.45) is 0 Å². The summed E-state index contributed by atoms with van der Waals surface area (Å²) < 4.78 is 4.60. The van der Waals surface area contributed by atoms with E-state index in [1.807, 2.05) is 0 Å². The molecule has 41 valence electrons. The molecule has 0 aromatic rings. The molecule has 1 aliphatic rings. The Balaban J connectivity index is 0. The van der Waals surface area contributed by atoms with Crippen molar-refractivity contribution in [3.05, 3.63) is 6.92 Å². The Labute approximate surface area is 92.5 Å². The van der Waals surface area contributed by atoms with Gasteiger partial charge in [-0.05, 0) is 6.10 Å². The van der Waals surface area contributed by atoms with E-state index in [0.717, 1.165) is 6.61 Å². The summed E-state index contributed by atoms with van der Waals surface area (Å²) in [5, 5.41) is 0. The van der Waals surface area contributed by atoms with Gasteiger partial charge in [-0.15, -0.1) is 0 Å². The first-order valence-corrected chi connectivity index (χ1v) is 7.77. The molecule has 1 fully saturated rings. The maximum absolute atomic E-state index is 4.60. The first-order valence-electron chi connectivity index (χ1n) is 1.48. The summed E-state index contributed by atoms with van der Waals surface area (Å²) in [7, 11) is 0. The Morgan fingerprint density at radius 3 is 1.71 bits per heavy atom. The first-order chi connectivity index (χ1) is 2.89. The van der Waals surface area contributed by atoms with Gasteiger partial charge in [0.2, 0.25) is 0 Å². The van der Waals surface area contributed by atoms with Crippen molar-refractivity contribution in [1.82, 2.24) is 0 Å². The molecule has 0 aromatic heterocycles. The predicted octanol–water partition coefficient (Wildman–Crippen LogP) is 1.99. The molecule has 7 heavy (non-hydrogen) atoms. The Kier molecular flexibility index (Phi) is 14.9. The fraction of sp³-hybridized carbons (Fsp3) is 0.667. The minimum absolute atomic E-state index is 0. The molecule has 1 atom stereocenters. The van der Waals surface area contributed by atoms with E-state index in [2.05, 4.69) is 48.9 Å². The summed E-state index contributed by atoms with van der Waals surface area (Å²) >= 11 is 4.24. The van der Waals surface area contributed by atoms with Crippen molar-refractivity contribution < 1.29 is 37.4 Å². The smallest absolute Gasteiger partial charge is 0.0414 e. The van der Waals surface area contributed by atoms with Crippen LogP contribution in [0.5, 0.6) is 0 Å². The Hall–Kier alpha value is 2.52. The standard InChI is InChI=1S/C3H5O.I2.Y/c1-3-2-4-3;1-2;/h3H,1-2H2;;/q-1;;. The van der Waals surface area contributed by atoms with Crippen molar-refractivity contribution in [2.75, 3.05) is 6.61 Å². The van der Waals surface area contributed by atoms with Gasteiger partial charge in [0.25, 0.3) is 0 Å². The SMILES string of the molecule is II.[CH2-]C1CO1.[Y]. The first kappa shape index (κ1) is 12.2. The molecule has 1 saturated heterocycles. The van der Waals surface area contributed by atoms with E-state index < -0.39 is 0 Å². The van der Waals surface area contributed by atoms with Crippen molar-refractivity contribution in [2.45, 2.75) is 6.10 Å². The summed E-state index contributed by atoms with van der Waals surface area (Å²) in [6.07, 6.45) is 0.333. The quantitative estimate of drug-likeness (QED) is 0.345. The molecule has 1 unspecified atom stereocenters. The van der Waals surface area contributed by atoms with Crippen molar-refractivity contribution >= 4 is 37.2 Å². The summed E-state index contributed by atoms with van der Waals surface area (Å²) in [6, 6.07) is 0. The Morgan fingerprint density at radius 1 is 1.57 bits per heavy atom. The van der Waals surface area contributed by atoms with Crippen LogP contribution in [0.3, 0.4) is 0 Å². The molecule has 1 nitrogen and oxygen atoms in total. The largest absolute Gasteiger partial charge is 0.408 e. The van der Waals surface area contributed by atoms with Crippen LogP contribution in [-0.2, 0) is 37.4 Å². The van der Waals surface area contributed by atoms with Crippen LogP contribution >= 0.6 is 37.2 Å². The van der Waals surface area contributed by atoms with E-state index in [9.17, 15) is 0 Å². The van der Waals surface area contributed by atoms with E-state index in [1.54, 1.807) is 0 Å². The maximum atomic E-state index is 4.60. The number of hydrogen-bond donors (Lipinski definition) is 0. The summed E-state index contributed by atoms with van der Waals surface area (Å²) in [5.74, 6) is 0. The van der Waals surface area contributed by atoms with Crippen LogP contribution in [0.4, 0.5) is 0 Å². The van der Waals surface area contributed by atoms with Crippen LogP contribution in [0, 0.1) is 6.92 Å². The second-order valence-electron chi connectivity index (χ2n) is 0.955. The second-order valence-corrected chi connectivity index (χ2v) is 0.955. The topological polar surface area (TPSA) is 12.5 Å². The Morgan fingerprint density at radius 2 is 1.71 bits per heavy atom. The zero-order valence-electron chi connectivity index (χ0n) is 3.73. The molecule has 0 aromatic carbocycles. The molecule has 1 heterocycles. The average Bonchev–Trinajstić information content (AvgIpc) is 2.30. The molecule has 1 aliphatic heterocycles. The van der Waals surface area contributed by atoms with Crippen molar-refractivity contribution in [3.63, 3.8) is 0 Å². The van der Waals surface area contributed by atoms with Gasteiger partial charge < -0.3 is 11.7 Å². The van der Waals surface area contributed by atoms with Gasteiger partial charge in [-0.2, -0.15) is 0 Å². The van der Waals surface area contributed by atoms with Crippen LogP contribution in [-0.4, -0.2) is 12.7 Å². The van der Waals surface area contributed by atoms with Crippen LogP contribution in [0.1, 0.15) is 0 Å². The maximum Gasteiger partial charge on any atom is 0.0414 e. The molecular formula is C3H5I2OY-. The van der Waals surface area contributed by atoms with E-state index in [0.29, 0.717) is 6.10 Å². The molecule has 0 spiro atoms. The fourth-order valence-electron chi connectivity index (χ4n) is 0.0680. The van der Waals surface area contributed by atoms with Gasteiger partial charge in [0.15, 0.2) is 0 Å². The molecule has 0 aliphatic carbocycles. The van der Waals surface area contributed by atoms with Crippen molar-refractivity contribution in [3.8, 4) is 0 Å². The molecule has 4 heteroatoms. The van der Waals surface area contributed by atoms with Crippen LogP contribution in [0.2, 0.25) is 0 Å². The van der Waals surface area contributed by atoms with Crippen molar-refractivity contribution in [1.29, 1.82) is 0 Å². The monoisotopic (exact) mass is 400 g/mol. The zero-order chi connectivity index (χ0) is 4.99. The predicted molar refractivity (Wildman–Crippen MR) is 43.1 cm³/mol. The van der Waals surface area contributed by atoms with Gasteiger partial charge in [0.1, 0.15) is 0 Å². The number of hydrogen-bond acceptors (Lipinski definition) is 1. The number of ether oxygens (including phenoxy) is 1. The van der Waals surface area contributed by atoms with E-state index >= 15 is 0 Å². The number of epoxide rings is 1. The molecule has 0 bridgehead atoms. The van der Waals surface area contributed by atoms with Gasteiger partial charge >= 0.3 is 0 Å². The second kappa shape index (κ2) is 8.52. The Bertz CT molecular complexity index is 32.1. The minimum Gasteiger partial charge on any atom is -0.408 e. The molecule has 0 N–H and O–H groups in total. The van der Waals surface area contributed by atoms with Gasteiger partial charge in [-0.1, -0.05) is 0 Å². The molecule has 0 amide bonds. The summed E-state index contributed by atoms with van der Waals surface area (Å²) in [4.78, 5) is 0. The van der Waals surface area contributed by atoms with Gasteiger partial charge in [-0.3, -0.25) is 0 Å². The van der Waals surface area contributed by atoms with Gasteiger partial charge in [0, 0.05) is 76.5 Å².